The van der Waals surface area contributed by atoms with Gasteiger partial charge >= 0.3 is 0 Å². The van der Waals surface area contributed by atoms with Crippen LogP contribution in [-0.4, -0.2) is 56.7 Å². The number of nitrogens with zero attached hydrogens (tertiary/aromatic N) is 2. The van der Waals surface area contributed by atoms with E-state index in [0.717, 1.165) is 13.0 Å². The van der Waals surface area contributed by atoms with Gasteiger partial charge in [-0.25, -0.2) is 13.1 Å². The van der Waals surface area contributed by atoms with E-state index in [2.05, 4.69) is 20.2 Å². The van der Waals surface area contributed by atoms with E-state index in [1.54, 1.807) is 6.20 Å². The summed E-state index contributed by atoms with van der Waals surface area (Å²) in [4.78, 5) is 2.02. The zero-order valence-electron chi connectivity index (χ0n) is 12.6. The number of H-pyrrole nitrogens is 1. The van der Waals surface area contributed by atoms with E-state index in [1.807, 2.05) is 32.8 Å². The minimum absolute atomic E-state index is 0.149. The van der Waals surface area contributed by atoms with Crippen molar-refractivity contribution in [3.63, 3.8) is 0 Å². The molecular formula is C12H25N5O2S. The summed E-state index contributed by atoms with van der Waals surface area (Å²) < 4.78 is 27.0. The molecule has 0 fully saturated rings. The number of aromatic nitrogens is 2. The lowest BCUT2D eigenvalue weighted by Crippen LogP contribution is -2.29. The van der Waals surface area contributed by atoms with Gasteiger partial charge in [0.25, 0.3) is 10.0 Å². The number of aromatic amines is 1. The average molecular weight is 303 g/mol. The number of hydrogen-bond acceptors (Lipinski definition) is 5. The highest BCUT2D eigenvalue weighted by molar-refractivity contribution is 7.89. The third-order valence-corrected chi connectivity index (χ3v) is 4.20. The Balaban J connectivity index is 2.61. The SMILES string of the molecule is CC(C)NCc1cn[nH]c1S(=O)(=O)NCCCN(C)C. The summed E-state index contributed by atoms with van der Waals surface area (Å²) in [7, 11) is 0.395. The molecule has 8 heteroatoms. The second kappa shape index (κ2) is 7.72. The Hall–Kier alpha value is -0.960. The van der Waals surface area contributed by atoms with Crippen LogP contribution < -0.4 is 10.0 Å². The highest BCUT2D eigenvalue weighted by Crippen LogP contribution is 2.11. The molecule has 7 nitrogen and oxygen atoms in total. The van der Waals surface area contributed by atoms with Gasteiger partial charge in [-0.1, -0.05) is 13.8 Å². The molecule has 1 rings (SSSR count). The van der Waals surface area contributed by atoms with Crippen molar-refractivity contribution in [2.45, 2.75) is 37.9 Å². The van der Waals surface area contributed by atoms with Gasteiger partial charge < -0.3 is 10.2 Å². The maximum absolute atomic E-state index is 12.2. The topological polar surface area (TPSA) is 90.1 Å². The van der Waals surface area contributed by atoms with Gasteiger partial charge in [0, 0.05) is 24.7 Å². The molecule has 1 aromatic heterocycles. The fourth-order valence-electron chi connectivity index (χ4n) is 1.65. The third-order valence-electron chi connectivity index (χ3n) is 2.72. The third kappa shape index (κ3) is 5.58. The van der Waals surface area contributed by atoms with E-state index in [0.29, 0.717) is 18.7 Å². The normalized spacial score (nSPS) is 12.5. The molecule has 0 unspecified atom stereocenters. The van der Waals surface area contributed by atoms with Crippen molar-refractivity contribution >= 4 is 10.0 Å². The van der Waals surface area contributed by atoms with E-state index in [1.165, 1.54) is 0 Å². The zero-order chi connectivity index (χ0) is 15.2. The van der Waals surface area contributed by atoms with Crippen molar-refractivity contribution in [3.05, 3.63) is 11.8 Å². The molecule has 3 N–H and O–H groups in total. The summed E-state index contributed by atoms with van der Waals surface area (Å²) in [6.45, 7) is 5.74. The Labute approximate surface area is 121 Å². The molecule has 0 aromatic carbocycles. The van der Waals surface area contributed by atoms with Gasteiger partial charge in [-0.15, -0.1) is 0 Å². The lowest BCUT2D eigenvalue weighted by atomic mass is 10.3. The average Bonchev–Trinajstić information content (AvgIpc) is 2.81. The smallest absolute Gasteiger partial charge is 0.257 e. The Morgan fingerprint density at radius 3 is 2.70 bits per heavy atom. The minimum atomic E-state index is -3.52. The van der Waals surface area contributed by atoms with Gasteiger partial charge in [0.1, 0.15) is 0 Å². The Morgan fingerprint density at radius 1 is 1.40 bits per heavy atom. The van der Waals surface area contributed by atoms with Gasteiger partial charge in [0.15, 0.2) is 5.03 Å². The predicted molar refractivity (Wildman–Crippen MR) is 78.9 cm³/mol. The minimum Gasteiger partial charge on any atom is -0.310 e. The second-order valence-corrected chi connectivity index (χ2v) is 7.02. The largest absolute Gasteiger partial charge is 0.310 e. The van der Waals surface area contributed by atoms with Gasteiger partial charge in [-0.3, -0.25) is 5.10 Å². The lowest BCUT2D eigenvalue weighted by Gasteiger charge is -2.11. The molecular weight excluding hydrogens is 278 g/mol. The fraction of sp³-hybridized carbons (Fsp3) is 0.750. The van der Waals surface area contributed by atoms with Crippen molar-refractivity contribution in [2.75, 3.05) is 27.2 Å². The molecule has 1 aromatic rings. The number of rotatable bonds is 9. The standard InChI is InChI=1S/C12H25N5O2S/c1-10(2)13-8-11-9-14-16-12(11)20(18,19)15-6-5-7-17(3)4/h9-10,13,15H,5-8H2,1-4H3,(H,14,16). The predicted octanol–water partition coefficient (Wildman–Crippen LogP) is 0.138. The van der Waals surface area contributed by atoms with E-state index in [4.69, 9.17) is 0 Å². The first-order valence-corrected chi connectivity index (χ1v) is 8.21. The van der Waals surface area contributed by atoms with Gasteiger partial charge in [-0.05, 0) is 27.1 Å². The van der Waals surface area contributed by atoms with Crippen LogP contribution in [-0.2, 0) is 16.6 Å². The molecule has 0 saturated heterocycles. The first-order chi connectivity index (χ1) is 9.33. The monoisotopic (exact) mass is 303 g/mol. The van der Waals surface area contributed by atoms with Crippen molar-refractivity contribution in [1.29, 1.82) is 0 Å². The van der Waals surface area contributed by atoms with Crippen molar-refractivity contribution in [1.82, 2.24) is 25.1 Å². The summed E-state index contributed by atoms with van der Waals surface area (Å²) in [6.07, 6.45) is 2.31. The van der Waals surface area contributed by atoms with Crippen molar-refractivity contribution in [2.24, 2.45) is 0 Å². The molecule has 1 heterocycles. The fourth-order valence-corrected chi connectivity index (χ4v) is 2.85. The Kier molecular flexibility index (Phi) is 6.60. The molecule has 0 amide bonds. The van der Waals surface area contributed by atoms with Gasteiger partial charge in [-0.2, -0.15) is 5.10 Å². The molecule has 0 spiro atoms. The van der Waals surface area contributed by atoms with Crippen LogP contribution in [0.2, 0.25) is 0 Å². The molecule has 116 valence electrons. The van der Waals surface area contributed by atoms with E-state index >= 15 is 0 Å². The van der Waals surface area contributed by atoms with Crippen LogP contribution in [0.15, 0.2) is 11.2 Å². The number of hydrogen-bond donors (Lipinski definition) is 3. The van der Waals surface area contributed by atoms with Crippen LogP contribution >= 0.6 is 0 Å². The second-order valence-electron chi connectivity index (χ2n) is 5.31. The molecule has 0 radical (unpaired) electrons. The molecule has 0 aliphatic rings. The maximum atomic E-state index is 12.2. The molecule has 20 heavy (non-hydrogen) atoms. The molecule has 0 saturated carbocycles. The summed E-state index contributed by atoms with van der Waals surface area (Å²) >= 11 is 0. The van der Waals surface area contributed by atoms with E-state index in [-0.39, 0.29) is 11.1 Å². The van der Waals surface area contributed by atoms with Crippen LogP contribution in [0, 0.1) is 0 Å². The van der Waals surface area contributed by atoms with Crippen molar-refractivity contribution in [3.8, 4) is 0 Å². The Bertz CT molecular complexity index is 496. The van der Waals surface area contributed by atoms with Crippen LogP contribution in [0.4, 0.5) is 0 Å². The highest BCUT2D eigenvalue weighted by atomic mass is 32.2. The van der Waals surface area contributed by atoms with Crippen molar-refractivity contribution < 1.29 is 8.42 Å². The van der Waals surface area contributed by atoms with E-state index in [9.17, 15) is 8.42 Å². The first-order valence-electron chi connectivity index (χ1n) is 6.73. The van der Waals surface area contributed by atoms with Crippen LogP contribution in [0.3, 0.4) is 0 Å². The van der Waals surface area contributed by atoms with Gasteiger partial charge in [0.05, 0.1) is 6.20 Å². The quantitative estimate of drug-likeness (QED) is 0.565. The summed E-state index contributed by atoms with van der Waals surface area (Å²) in [5.74, 6) is 0. The molecule has 0 aliphatic heterocycles. The molecule has 0 bridgehead atoms. The summed E-state index contributed by atoms with van der Waals surface area (Å²) in [5.41, 5.74) is 0.652. The highest BCUT2D eigenvalue weighted by Gasteiger charge is 2.20. The molecule has 0 atom stereocenters. The number of nitrogens with one attached hydrogen (secondary N) is 3. The zero-order valence-corrected chi connectivity index (χ0v) is 13.4. The van der Waals surface area contributed by atoms with E-state index < -0.39 is 10.0 Å². The molecule has 0 aliphatic carbocycles. The first kappa shape index (κ1) is 17.1. The number of sulfonamides is 1. The Morgan fingerprint density at radius 2 is 2.10 bits per heavy atom. The maximum Gasteiger partial charge on any atom is 0.257 e. The van der Waals surface area contributed by atoms with Crippen LogP contribution in [0.5, 0.6) is 0 Å². The lowest BCUT2D eigenvalue weighted by molar-refractivity contribution is 0.400. The van der Waals surface area contributed by atoms with Gasteiger partial charge in [0.2, 0.25) is 0 Å². The summed E-state index contributed by atoms with van der Waals surface area (Å²) in [5, 5.41) is 9.73. The van der Waals surface area contributed by atoms with Crippen LogP contribution in [0.25, 0.3) is 0 Å². The summed E-state index contributed by atoms with van der Waals surface area (Å²) in [6, 6.07) is 0.286. The van der Waals surface area contributed by atoms with Crippen LogP contribution in [0.1, 0.15) is 25.8 Å².